The van der Waals surface area contributed by atoms with Gasteiger partial charge in [-0.25, -0.2) is 13.1 Å². The van der Waals surface area contributed by atoms with Crippen LogP contribution in [-0.4, -0.2) is 26.8 Å². The summed E-state index contributed by atoms with van der Waals surface area (Å²) in [7, 11) is -3.69. The van der Waals surface area contributed by atoms with Crippen molar-refractivity contribution in [2.24, 2.45) is 0 Å². The molecule has 2 amide bonds. The van der Waals surface area contributed by atoms with Gasteiger partial charge in [-0.3, -0.25) is 9.59 Å². The van der Waals surface area contributed by atoms with Crippen LogP contribution >= 0.6 is 11.3 Å². The minimum Gasteiger partial charge on any atom is -0.459 e. The Morgan fingerprint density at radius 2 is 1.67 bits per heavy atom. The number of carbonyl (C=O) groups is 2. The van der Waals surface area contributed by atoms with Crippen molar-refractivity contribution in [2.45, 2.75) is 4.21 Å². The molecule has 0 aliphatic carbocycles. The molecular weight excluding hydrogens is 390 g/mol. The SMILES string of the molecule is O=C(CNS(=O)(=O)c1cccs1)Nc1ccc(NC(=O)c2ccco2)cc1. The van der Waals surface area contributed by atoms with E-state index in [1.807, 2.05) is 0 Å². The zero-order chi connectivity index (χ0) is 19.3. The van der Waals surface area contributed by atoms with Crippen LogP contribution in [0.3, 0.4) is 0 Å². The molecule has 0 aliphatic heterocycles. The average Bonchev–Trinajstić information content (AvgIpc) is 3.35. The molecule has 3 rings (SSSR count). The van der Waals surface area contributed by atoms with E-state index in [9.17, 15) is 18.0 Å². The van der Waals surface area contributed by atoms with Gasteiger partial charge in [-0.15, -0.1) is 11.3 Å². The van der Waals surface area contributed by atoms with E-state index >= 15 is 0 Å². The van der Waals surface area contributed by atoms with Crippen molar-refractivity contribution in [1.82, 2.24) is 4.72 Å². The van der Waals surface area contributed by atoms with E-state index in [-0.39, 0.29) is 15.9 Å². The third kappa shape index (κ3) is 5.03. The zero-order valence-electron chi connectivity index (χ0n) is 13.8. The third-order valence-corrected chi connectivity index (χ3v) is 6.15. The molecule has 27 heavy (non-hydrogen) atoms. The molecule has 0 bridgehead atoms. The summed E-state index contributed by atoms with van der Waals surface area (Å²) in [5.41, 5.74) is 0.985. The molecule has 1 aromatic carbocycles. The van der Waals surface area contributed by atoms with Crippen LogP contribution in [0.1, 0.15) is 10.6 Å². The maximum atomic E-state index is 12.0. The Labute approximate surface area is 159 Å². The highest BCUT2D eigenvalue weighted by Crippen LogP contribution is 2.16. The van der Waals surface area contributed by atoms with E-state index in [1.165, 1.54) is 12.3 Å². The number of anilines is 2. The van der Waals surface area contributed by atoms with E-state index < -0.39 is 22.5 Å². The van der Waals surface area contributed by atoms with Gasteiger partial charge in [0.15, 0.2) is 5.76 Å². The summed E-state index contributed by atoms with van der Waals surface area (Å²) < 4.78 is 31.3. The standard InChI is InChI=1S/C17H15N3O5S2/c21-15(11-18-27(23,24)16-4-2-10-26-16)19-12-5-7-13(8-6-12)20-17(22)14-3-1-9-25-14/h1-10,18H,11H2,(H,19,21)(H,20,22). The molecule has 140 valence electrons. The van der Waals surface area contributed by atoms with Crippen molar-refractivity contribution in [2.75, 3.05) is 17.2 Å². The van der Waals surface area contributed by atoms with Gasteiger partial charge in [0.25, 0.3) is 15.9 Å². The highest BCUT2D eigenvalue weighted by atomic mass is 32.2. The molecule has 3 aromatic rings. The second-order valence-corrected chi connectivity index (χ2v) is 8.26. The minimum atomic E-state index is -3.69. The fourth-order valence-corrected chi connectivity index (χ4v) is 4.11. The smallest absolute Gasteiger partial charge is 0.291 e. The molecule has 0 radical (unpaired) electrons. The van der Waals surface area contributed by atoms with Crippen molar-refractivity contribution in [1.29, 1.82) is 0 Å². The van der Waals surface area contributed by atoms with Gasteiger partial charge in [-0.05, 0) is 47.8 Å². The maximum absolute atomic E-state index is 12.0. The van der Waals surface area contributed by atoms with Crippen molar-refractivity contribution in [3.8, 4) is 0 Å². The number of rotatable bonds is 7. The number of nitrogens with one attached hydrogen (secondary N) is 3. The number of carbonyl (C=O) groups excluding carboxylic acids is 2. The Kier molecular flexibility index (Phi) is 5.69. The second-order valence-electron chi connectivity index (χ2n) is 5.31. The number of furan rings is 1. The molecule has 0 saturated carbocycles. The number of hydrogen-bond donors (Lipinski definition) is 3. The second kappa shape index (κ2) is 8.16. The summed E-state index contributed by atoms with van der Waals surface area (Å²) in [6.45, 7) is -0.392. The molecule has 0 spiro atoms. The first kappa shape index (κ1) is 18.8. The summed E-state index contributed by atoms with van der Waals surface area (Å²) >= 11 is 1.07. The van der Waals surface area contributed by atoms with Crippen LogP contribution in [0.15, 0.2) is 68.8 Å². The predicted molar refractivity (Wildman–Crippen MR) is 101 cm³/mol. The Morgan fingerprint density at radius 3 is 2.26 bits per heavy atom. The van der Waals surface area contributed by atoms with Crippen molar-refractivity contribution >= 4 is 44.5 Å². The molecule has 0 fully saturated rings. The van der Waals surface area contributed by atoms with E-state index in [4.69, 9.17) is 4.42 Å². The molecule has 0 aliphatic rings. The molecule has 0 saturated heterocycles. The van der Waals surface area contributed by atoms with E-state index in [1.54, 1.807) is 47.8 Å². The van der Waals surface area contributed by atoms with Gasteiger partial charge in [0.1, 0.15) is 4.21 Å². The first-order valence-electron chi connectivity index (χ1n) is 7.72. The predicted octanol–water partition coefficient (Wildman–Crippen LogP) is 2.51. The van der Waals surface area contributed by atoms with Gasteiger partial charge in [0.2, 0.25) is 5.91 Å². The lowest BCUT2D eigenvalue weighted by molar-refractivity contribution is -0.115. The van der Waals surface area contributed by atoms with Gasteiger partial charge >= 0.3 is 0 Å². The summed E-state index contributed by atoms with van der Waals surface area (Å²) in [5, 5.41) is 6.86. The van der Waals surface area contributed by atoms with Gasteiger partial charge in [-0.1, -0.05) is 6.07 Å². The molecular formula is C17H15N3O5S2. The van der Waals surface area contributed by atoms with Gasteiger partial charge in [-0.2, -0.15) is 0 Å². The Balaban J connectivity index is 1.52. The third-order valence-electron chi connectivity index (χ3n) is 3.35. The first-order chi connectivity index (χ1) is 12.9. The molecule has 2 heterocycles. The number of thiophene rings is 1. The molecule has 10 heteroatoms. The van der Waals surface area contributed by atoms with Crippen LogP contribution in [0, 0.1) is 0 Å². The average molecular weight is 405 g/mol. The van der Waals surface area contributed by atoms with E-state index in [0.29, 0.717) is 11.4 Å². The van der Waals surface area contributed by atoms with Crippen LogP contribution in [0.25, 0.3) is 0 Å². The molecule has 8 nitrogen and oxygen atoms in total. The summed E-state index contributed by atoms with van der Waals surface area (Å²) in [6.07, 6.45) is 1.40. The number of amides is 2. The van der Waals surface area contributed by atoms with Gasteiger partial charge in [0.05, 0.1) is 12.8 Å². The van der Waals surface area contributed by atoms with Crippen molar-refractivity contribution < 1.29 is 22.4 Å². The minimum absolute atomic E-state index is 0.145. The van der Waals surface area contributed by atoms with Crippen molar-refractivity contribution in [3.63, 3.8) is 0 Å². The Hall–Kier alpha value is -2.95. The highest BCUT2D eigenvalue weighted by Gasteiger charge is 2.16. The van der Waals surface area contributed by atoms with E-state index in [0.717, 1.165) is 11.3 Å². The normalized spacial score (nSPS) is 11.1. The summed E-state index contributed by atoms with van der Waals surface area (Å²) in [5.74, 6) is -0.715. The quantitative estimate of drug-likeness (QED) is 0.558. The first-order valence-corrected chi connectivity index (χ1v) is 10.1. The summed E-state index contributed by atoms with van der Waals surface area (Å²) in [4.78, 5) is 23.8. The fourth-order valence-electron chi connectivity index (χ4n) is 2.09. The monoisotopic (exact) mass is 405 g/mol. The number of sulfonamides is 1. The fraction of sp³-hybridized carbons (Fsp3) is 0.0588. The molecule has 0 unspecified atom stereocenters. The zero-order valence-corrected chi connectivity index (χ0v) is 15.5. The van der Waals surface area contributed by atoms with E-state index in [2.05, 4.69) is 15.4 Å². The van der Waals surface area contributed by atoms with Crippen LogP contribution in [0.5, 0.6) is 0 Å². The van der Waals surface area contributed by atoms with Crippen LogP contribution < -0.4 is 15.4 Å². The highest BCUT2D eigenvalue weighted by molar-refractivity contribution is 7.91. The molecule has 0 atom stereocenters. The van der Waals surface area contributed by atoms with Gasteiger partial charge in [0, 0.05) is 11.4 Å². The molecule has 3 N–H and O–H groups in total. The Bertz CT molecular complexity index is 1010. The lowest BCUT2D eigenvalue weighted by Crippen LogP contribution is -2.32. The topological polar surface area (TPSA) is 118 Å². The van der Waals surface area contributed by atoms with Crippen LogP contribution in [-0.2, 0) is 14.8 Å². The molecule has 2 aromatic heterocycles. The maximum Gasteiger partial charge on any atom is 0.291 e. The Morgan fingerprint density at radius 1 is 0.963 bits per heavy atom. The largest absolute Gasteiger partial charge is 0.459 e. The lowest BCUT2D eigenvalue weighted by Gasteiger charge is -2.08. The van der Waals surface area contributed by atoms with Crippen LogP contribution in [0.2, 0.25) is 0 Å². The summed E-state index contributed by atoms with van der Waals surface area (Å²) in [6, 6.07) is 12.6. The van der Waals surface area contributed by atoms with Crippen LogP contribution in [0.4, 0.5) is 11.4 Å². The number of hydrogen-bond acceptors (Lipinski definition) is 6. The van der Waals surface area contributed by atoms with Gasteiger partial charge < -0.3 is 15.1 Å². The van der Waals surface area contributed by atoms with Crippen molar-refractivity contribution in [3.05, 3.63) is 65.9 Å². The lowest BCUT2D eigenvalue weighted by atomic mass is 10.2. The number of benzene rings is 1.